The van der Waals surface area contributed by atoms with E-state index in [1.165, 1.54) is 0 Å². The molecule has 0 fully saturated rings. The van der Waals surface area contributed by atoms with E-state index in [1.807, 2.05) is 36.5 Å². The smallest absolute Gasteiger partial charge is 0.273 e. The Labute approximate surface area is 120 Å². The van der Waals surface area contributed by atoms with Gasteiger partial charge in [0.15, 0.2) is 5.76 Å². The number of para-hydroxylation sites is 1. The van der Waals surface area contributed by atoms with E-state index in [0.29, 0.717) is 17.0 Å². The highest BCUT2D eigenvalue weighted by Crippen LogP contribution is 2.23. The summed E-state index contributed by atoms with van der Waals surface area (Å²) < 4.78 is 5.33. The van der Waals surface area contributed by atoms with Crippen molar-refractivity contribution in [1.82, 2.24) is 10.4 Å². The molecular weight excluding hydrogens is 266 g/mol. The van der Waals surface area contributed by atoms with Crippen molar-refractivity contribution < 1.29 is 9.21 Å². The Hall–Kier alpha value is -3.08. The predicted octanol–water partition coefficient (Wildman–Crippen LogP) is 2.68. The highest BCUT2D eigenvalue weighted by molar-refractivity contribution is 6.32. The summed E-state index contributed by atoms with van der Waals surface area (Å²) in [6.07, 6.45) is 5.26. The van der Waals surface area contributed by atoms with Gasteiger partial charge in [-0.1, -0.05) is 18.2 Å². The Kier molecular flexibility index (Phi) is 2.50. The topological polar surface area (TPSA) is 70.4 Å². The van der Waals surface area contributed by atoms with Crippen LogP contribution in [0.3, 0.4) is 0 Å². The third-order valence-corrected chi connectivity index (χ3v) is 3.44. The molecule has 4 rings (SSSR count). The lowest BCUT2D eigenvalue weighted by molar-refractivity contribution is -0.116. The molecule has 0 atom stereocenters. The second kappa shape index (κ2) is 4.49. The minimum Gasteiger partial charge on any atom is -0.463 e. The zero-order chi connectivity index (χ0) is 14.2. The third kappa shape index (κ3) is 1.87. The fraction of sp³-hybridized carbons (Fsp3) is 0. The highest BCUT2D eigenvalue weighted by atomic mass is 16.3. The number of fused-ring (bicyclic) bond motifs is 1. The number of aromatic amines is 1. The maximum atomic E-state index is 12.0. The number of aromatic nitrogens is 1. The van der Waals surface area contributed by atoms with Crippen molar-refractivity contribution in [3.63, 3.8) is 0 Å². The molecule has 1 aliphatic rings. The van der Waals surface area contributed by atoms with Crippen LogP contribution in [-0.2, 0) is 4.79 Å². The van der Waals surface area contributed by atoms with Crippen molar-refractivity contribution in [1.29, 1.82) is 0 Å². The first-order valence-electron chi connectivity index (χ1n) is 6.53. The Morgan fingerprint density at radius 1 is 1.14 bits per heavy atom. The molecule has 5 heteroatoms. The summed E-state index contributed by atoms with van der Waals surface area (Å²) in [4.78, 5) is 15.2. The SMILES string of the molecule is O=C1NN=C(c2ccco2)C1=Cc1c[nH]c2ccccc12. The molecule has 2 N–H and O–H groups in total. The first-order chi connectivity index (χ1) is 10.3. The molecule has 5 nitrogen and oxygen atoms in total. The molecule has 0 saturated heterocycles. The summed E-state index contributed by atoms with van der Waals surface area (Å²) >= 11 is 0. The number of benzene rings is 1. The fourth-order valence-corrected chi connectivity index (χ4v) is 2.44. The van der Waals surface area contributed by atoms with Crippen LogP contribution in [0, 0.1) is 0 Å². The zero-order valence-electron chi connectivity index (χ0n) is 11.0. The first kappa shape index (κ1) is 11.7. The third-order valence-electron chi connectivity index (χ3n) is 3.44. The molecular formula is C16H11N3O2. The molecule has 0 aliphatic carbocycles. The number of rotatable bonds is 2. The van der Waals surface area contributed by atoms with Gasteiger partial charge >= 0.3 is 0 Å². The zero-order valence-corrected chi connectivity index (χ0v) is 11.0. The van der Waals surface area contributed by atoms with Crippen LogP contribution in [0.15, 0.2) is 63.9 Å². The number of hydrogen-bond acceptors (Lipinski definition) is 3. The Bertz CT molecular complexity index is 885. The van der Waals surface area contributed by atoms with Gasteiger partial charge in [-0.25, -0.2) is 5.43 Å². The monoisotopic (exact) mass is 277 g/mol. The quantitative estimate of drug-likeness (QED) is 0.707. The Balaban J connectivity index is 1.84. The molecule has 0 radical (unpaired) electrons. The van der Waals surface area contributed by atoms with E-state index in [9.17, 15) is 4.79 Å². The number of furan rings is 1. The van der Waals surface area contributed by atoms with Crippen LogP contribution in [0.1, 0.15) is 11.3 Å². The van der Waals surface area contributed by atoms with Crippen LogP contribution in [-0.4, -0.2) is 16.6 Å². The van der Waals surface area contributed by atoms with E-state index in [-0.39, 0.29) is 5.91 Å². The molecule has 102 valence electrons. The number of carbonyl (C=O) groups excluding carboxylic acids is 1. The maximum absolute atomic E-state index is 12.0. The molecule has 2 aromatic heterocycles. The number of hydrogen-bond donors (Lipinski definition) is 2. The summed E-state index contributed by atoms with van der Waals surface area (Å²) in [5.41, 5.74) is 5.47. The van der Waals surface area contributed by atoms with Crippen molar-refractivity contribution in [3.8, 4) is 0 Å². The second-order valence-corrected chi connectivity index (χ2v) is 4.73. The van der Waals surface area contributed by atoms with Gasteiger partial charge in [0, 0.05) is 22.7 Å². The van der Waals surface area contributed by atoms with Gasteiger partial charge in [-0.3, -0.25) is 4.79 Å². The average Bonchev–Trinajstić information content (AvgIpc) is 3.21. The van der Waals surface area contributed by atoms with Crippen molar-refractivity contribution in [2.45, 2.75) is 0 Å². The van der Waals surface area contributed by atoms with Gasteiger partial charge in [0.1, 0.15) is 5.71 Å². The van der Waals surface area contributed by atoms with E-state index in [4.69, 9.17) is 4.42 Å². The van der Waals surface area contributed by atoms with Crippen molar-refractivity contribution in [2.24, 2.45) is 5.10 Å². The van der Waals surface area contributed by atoms with Crippen molar-refractivity contribution in [2.75, 3.05) is 0 Å². The van der Waals surface area contributed by atoms with E-state index >= 15 is 0 Å². The minimum absolute atomic E-state index is 0.230. The summed E-state index contributed by atoms with van der Waals surface area (Å²) in [5, 5.41) is 5.10. The minimum atomic E-state index is -0.230. The average molecular weight is 277 g/mol. The van der Waals surface area contributed by atoms with Gasteiger partial charge < -0.3 is 9.40 Å². The van der Waals surface area contributed by atoms with Gasteiger partial charge in [0.05, 0.1) is 11.8 Å². The van der Waals surface area contributed by atoms with E-state index in [1.54, 1.807) is 18.4 Å². The van der Waals surface area contributed by atoms with E-state index < -0.39 is 0 Å². The molecule has 0 saturated carbocycles. The summed E-state index contributed by atoms with van der Waals surface area (Å²) in [6.45, 7) is 0. The van der Waals surface area contributed by atoms with Gasteiger partial charge in [-0.15, -0.1) is 0 Å². The standard InChI is InChI=1S/C16H11N3O2/c20-16-12(15(18-19-16)14-6-3-7-21-14)8-10-9-17-13-5-2-1-4-11(10)13/h1-9,17H,(H,19,20). The molecule has 0 spiro atoms. The molecule has 1 amide bonds. The summed E-state index contributed by atoms with van der Waals surface area (Å²) in [7, 11) is 0. The number of amides is 1. The van der Waals surface area contributed by atoms with Gasteiger partial charge in [-0.2, -0.15) is 5.10 Å². The molecule has 3 aromatic rings. The van der Waals surface area contributed by atoms with Crippen LogP contribution >= 0.6 is 0 Å². The Morgan fingerprint density at radius 3 is 2.90 bits per heavy atom. The number of nitrogens with zero attached hydrogens (tertiary/aromatic N) is 1. The molecule has 0 bridgehead atoms. The first-order valence-corrected chi connectivity index (χ1v) is 6.53. The van der Waals surface area contributed by atoms with Crippen LogP contribution in [0.5, 0.6) is 0 Å². The number of hydrazone groups is 1. The van der Waals surface area contributed by atoms with Gasteiger partial charge in [0.25, 0.3) is 5.91 Å². The van der Waals surface area contributed by atoms with Gasteiger partial charge in [-0.05, 0) is 24.3 Å². The van der Waals surface area contributed by atoms with Crippen molar-refractivity contribution >= 4 is 28.6 Å². The molecule has 3 heterocycles. The fourth-order valence-electron chi connectivity index (χ4n) is 2.44. The van der Waals surface area contributed by atoms with Crippen LogP contribution in [0.25, 0.3) is 17.0 Å². The summed E-state index contributed by atoms with van der Waals surface area (Å²) in [5.74, 6) is 0.339. The Morgan fingerprint density at radius 2 is 2.05 bits per heavy atom. The normalized spacial score (nSPS) is 16.5. The molecule has 0 unspecified atom stereocenters. The van der Waals surface area contributed by atoms with Gasteiger partial charge in [0.2, 0.25) is 0 Å². The predicted molar refractivity (Wildman–Crippen MR) is 79.7 cm³/mol. The van der Waals surface area contributed by atoms with Crippen molar-refractivity contribution in [3.05, 3.63) is 65.8 Å². The molecule has 21 heavy (non-hydrogen) atoms. The largest absolute Gasteiger partial charge is 0.463 e. The molecule has 1 aromatic carbocycles. The number of H-pyrrole nitrogens is 1. The van der Waals surface area contributed by atoms with E-state index in [0.717, 1.165) is 16.5 Å². The van der Waals surface area contributed by atoms with E-state index in [2.05, 4.69) is 15.5 Å². The number of nitrogens with one attached hydrogen (secondary N) is 2. The van der Waals surface area contributed by atoms with Crippen LogP contribution in [0.2, 0.25) is 0 Å². The summed E-state index contributed by atoms with van der Waals surface area (Å²) in [6, 6.07) is 11.5. The lowest BCUT2D eigenvalue weighted by Crippen LogP contribution is -2.13. The molecule has 1 aliphatic heterocycles. The van der Waals surface area contributed by atoms with Crippen LogP contribution in [0.4, 0.5) is 0 Å². The highest BCUT2D eigenvalue weighted by Gasteiger charge is 2.26. The maximum Gasteiger partial charge on any atom is 0.273 e. The lowest BCUT2D eigenvalue weighted by atomic mass is 10.0. The van der Waals surface area contributed by atoms with Crippen LogP contribution < -0.4 is 5.43 Å². The number of carbonyl (C=O) groups is 1. The lowest BCUT2D eigenvalue weighted by Gasteiger charge is -1.98. The second-order valence-electron chi connectivity index (χ2n) is 4.73.